The lowest BCUT2D eigenvalue weighted by Gasteiger charge is -2.26. The molecule has 0 bridgehead atoms. The number of ketones is 1. The summed E-state index contributed by atoms with van der Waals surface area (Å²) < 4.78 is 5.23. The third kappa shape index (κ3) is 2.21. The third-order valence-corrected chi connectivity index (χ3v) is 2.77. The Bertz CT molecular complexity index is 397. The van der Waals surface area contributed by atoms with Gasteiger partial charge in [0.2, 0.25) is 0 Å². The quantitative estimate of drug-likeness (QED) is 0.820. The van der Waals surface area contributed by atoms with E-state index in [4.69, 9.17) is 4.74 Å². The van der Waals surface area contributed by atoms with Crippen molar-refractivity contribution < 1.29 is 14.6 Å². The predicted molar refractivity (Wildman–Crippen MR) is 59.9 cm³/mol. The molecule has 2 rings (SSSR count). The number of carbonyl (C=O) groups is 1. The van der Waals surface area contributed by atoms with Gasteiger partial charge < -0.3 is 9.84 Å². The van der Waals surface area contributed by atoms with Crippen LogP contribution in [0.25, 0.3) is 0 Å². The van der Waals surface area contributed by atoms with Crippen LogP contribution in [0.4, 0.5) is 0 Å². The minimum absolute atomic E-state index is 0.0618. The van der Waals surface area contributed by atoms with Gasteiger partial charge in [-0.2, -0.15) is 0 Å². The molecule has 1 aromatic carbocycles. The zero-order chi connectivity index (χ0) is 11.5. The van der Waals surface area contributed by atoms with E-state index in [-0.39, 0.29) is 11.7 Å². The van der Waals surface area contributed by atoms with Gasteiger partial charge in [0, 0.05) is 5.92 Å². The lowest BCUT2D eigenvalue weighted by molar-refractivity contribution is -0.150. The van der Waals surface area contributed by atoms with Crippen molar-refractivity contribution in [2.24, 2.45) is 0 Å². The van der Waals surface area contributed by atoms with Crippen molar-refractivity contribution in [3.8, 4) is 0 Å². The van der Waals surface area contributed by atoms with Gasteiger partial charge in [0.1, 0.15) is 6.10 Å². The molecule has 0 aliphatic carbocycles. The van der Waals surface area contributed by atoms with Crippen LogP contribution >= 0.6 is 0 Å². The highest BCUT2D eigenvalue weighted by atomic mass is 16.6. The van der Waals surface area contributed by atoms with Crippen LogP contribution in [0.5, 0.6) is 0 Å². The Morgan fingerprint density at radius 2 is 2.00 bits per heavy atom. The number of aliphatic hydroxyl groups is 1. The van der Waals surface area contributed by atoms with Gasteiger partial charge in [-0.25, -0.2) is 0 Å². The monoisotopic (exact) mass is 218 g/mol. The number of rotatable bonds is 2. The Morgan fingerprint density at radius 1 is 1.31 bits per heavy atom. The molecule has 0 saturated carbocycles. The van der Waals surface area contributed by atoms with E-state index in [0.29, 0.717) is 0 Å². The Labute approximate surface area is 94.4 Å². The molecule has 0 fully saturated rings. The standard InChI is InChI=1S/C13H14O3/c1-9(10-5-3-2-4-6-10)13-11(14)7-8-12(15)16-13/h2-9,12-13,15H,1H3/t9-,12-,13-/m1/s1. The maximum Gasteiger partial charge on any atom is 0.184 e. The van der Waals surface area contributed by atoms with E-state index in [2.05, 4.69) is 0 Å². The molecular weight excluding hydrogens is 204 g/mol. The second-order valence-electron chi connectivity index (χ2n) is 3.91. The maximum atomic E-state index is 11.6. The smallest absolute Gasteiger partial charge is 0.184 e. The van der Waals surface area contributed by atoms with Crippen LogP contribution in [0.1, 0.15) is 18.4 Å². The molecule has 0 saturated heterocycles. The fourth-order valence-electron chi connectivity index (χ4n) is 1.83. The summed E-state index contributed by atoms with van der Waals surface area (Å²) in [6, 6.07) is 9.67. The topological polar surface area (TPSA) is 46.5 Å². The van der Waals surface area contributed by atoms with Gasteiger partial charge in [-0.3, -0.25) is 4.79 Å². The van der Waals surface area contributed by atoms with E-state index in [1.54, 1.807) is 0 Å². The molecule has 0 unspecified atom stereocenters. The molecule has 1 N–H and O–H groups in total. The molecule has 16 heavy (non-hydrogen) atoms. The Balaban J connectivity index is 2.19. The summed E-state index contributed by atoms with van der Waals surface area (Å²) in [6.45, 7) is 1.92. The van der Waals surface area contributed by atoms with Crippen molar-refractivity contribution in [1.82, 2.24) is 0 Å². The van der Waals surface area contributed by atoms with Gasteiger partial charge in [0.05, 0.1) is 0 Å². The van der Waals surface area contributed by atoms with Gasteiger partial charge >= 0.3 is 0 Å². The Kier molecular flexibility index (Phi) is 3.17. The first kappa shape index (κ1) is 11.0. The summed E-state index contributed by atoms with van der Waals surface area (Å²) in [6.07, 6.45) is 1.17. The van der Waals surface area contributed by atoms with Crippen LogP contribution in [-0.2, 0) is 9.53 Å². The molecule has 3 nitrogen and oxygen atoms in total. The first-order valence-electron chi connectivity index (χ1n) is 5.29. The Hall–Kier alpha value is -1.45. The van der Waals surface area contributed by atoms with Crippen LogP contribution in [0.3, 0.4) is 0 Å². The minimum Gasteiger partial charge on any atom is -0.365 e. The number of hydrogen-bond acceptors (Lipinski definition) is 3. The normalized spacial score (nSPS) is 26.8. The van der Waals surface area contributed by atoms with Gasteiger partial charge in [0.15, 0.2) is 12.1 Å². The van der Waals surface area contributed by atoms with Crippen molar-refractivity contribution in [3.63, 3.8) is 0 Å². The van der Waals surface area contributed by atoms with E-state index in [0.717, 1.165) is 5.56 Å². The average molecular weight is 218 g/mol. The van der Waals surface area contributed by atoms with E-state index in [9.17, 15) is 9.90 Å². The summed E-state index contributed by atoms with van der Waals surface area (Å²) in [7, 11) is 0. The molecular formula is C13H14O3. The summed E-state index contributed by atoms with van der Waals surface area (Å²) in [5, 5.41) is 9.33. The molecule has 0 radical (unpaired) electrons. The van der Waals surface area contributed by atoms with Crippen molar-refractivity contribution in [3.05, 3.63) is 48.0 Å². The highest BCUT2D eigenvalue weighted by Gasteiger charge is 2.30. The fraction of sp³-hybridized carbons (Fsp3) is 0.308. The van der Waals surface area contributed by atoms with Gasteiger partial charge in [-0.15, -0.1) is 0 Å². The zero-order valence-electron chi connectivity index (χ0n) is 9.04. The van der Waals surface area contributed by atoms with Crippen LogP contribution in [-0.4, -0.2) is 23.3 Å². The largest absolute Gasteiger partial charge is 0.365 e. The number of benzene rings is 1. The molecule has 1 aliphatic rings. The first-order valence-corrected chi connectivity index (χ1v) is 5.29. The minimum atomic E-state index is -0.978. The van der Waals surface area contributed by atoms with Gasteiger partial charge in [0.25, 0.3) is 0 Å². The average Bonchev–Trinajstić information content (AvgIpc) is 2.32. The number of hydrogen-bond donors (Lipinski definition) is 1. The maximum absolute atomic E-state index is 11.6. The van der Waals surface area contributed by atoms with E-state index < -0.39 is 12.4 Å². The van der Waals surface area contributed by atoms with Crippen molar-refractivity contribution in [2.75, 3.05) is 0 Å². The molecule has 84 valence electrons. The molecule has 0 amide bonds. The second kappa shape index (κ2) is 4.60. The molecule has 0 spiro atoms. The summed E-state index contributed by atoms with van der Waals surface area (Å²) in [5.41, 5.74) is 1.03. The van der Waals surface area contributed by atoms with Gasteiger partial charge in [-0.05, 0) is 17.7 Å². The number of carbonyl (C=O) groups excluding carboxylic acids is 1. The third-order valence-electron chi connectivity index (χ3n) is 2.77. The van der Waals surface area contributed by atoms with Crippen molar-refractivity contribution >= 4 is 5.78 Å². The molecule has 3 heteroatoms. The number of ether oxygens (including phenoxy) is 1. The van der Waals surface area contributed by atoms with E-state index >= 15 is 0 Å². The molecule has 0 aromatic heterocycles. The fourth-order valence-corrected chi connectivity index (χ4v) is 1.83. The van der Waals surface area contributed by atoms with Crippen LogP contribution < -0.4 is 0 Å². The zero-order valence-corrected chi connectivity index (χ0v) is 9.04. The van der Waals surface area contributed by atoms with E-state index in [1.807, 2.05) is 37.3 Å². The summed E-state index contributed by atoms with van der Waals surface area (Å²) >= 11 is 0. The van der Waals surface area contributed by atoms with Crippen LogP contribution in [0.2, 0.25) is 0 Å². The summed E-state index contributed by atoms with van der Waals surface area (Å²) in [4.78, 5) is 11.6. The highest BCUT2D eigenvalue weighted by Crippen LogP contribution is 2.25. The lowest BCUT2D eigenvalue weighted by atomic mass is 9.92. The van der Waals surface area contributed by atoms with E-state index in [1.165, 1.54) is 12.2 Å². The highest BCUT2D eigenvalue weighted by molar-refractivity contribution is 5.95. The SMILES string of the molecule is C[C@H](c1ccccc1)[C@H]1O[C@@H](O)C=CC1=O. The molecule has 1 aliphatic heterocycles. The predicted octanol–water partition coefficient (Wildman–Crippen LogP) is 1.63. The lowest BCUT2D eigenvalue weighted by Crippen LogP contribution is -2.35. The van der Waals surface area contributed by atoms with Gasteiger partial charge in [-0.1, -0.05) is 37.3 Å². The van der Waals surface area contributed by atoms with Crippen molar-refractivity contribution in [2.45, 2.75) is 25.2 Å². The van der Waals surface area contributed by atoms with Crippen LogP contribution in [0, 0.1) is 0 Å². The first-order chi connectivity index (χ1) is 7.68. The molecule has 1 heterocycles. The summed E-state index contributed by atoms with van der Waals surface area (Å²) in [5.74, 6) is -0.157. The Morgan fingerprint density at radius 3 is 2.69 bits per heavy atom. The second-order valence-corrected chi connectivity index (χ2v) is 3.91. The number of aliphatic hydroxyl groups excluding tert-OH is 1. The van der Waals surface area contributed by atoms with Crippen LogP contribution in [0.15, 0.2) is 42.5 Å². The molecule has 1 aromatic rings. The van der Waals surface area contributed by atoms with Crippen molar-refractivity contribution in [1.29, 1.82) is 0 Å². The molecule has 3 atom stereocenters.